The van der Waals surface area contributed by atoms with Crippen LogP contribution in [0.3, 0.4) is 0 Å². The molecule has 0 aliphatic heterocycles. The number of rotatable bonds is 6. The monoisotopic (exact) mass is 363 g/mol. The molecule has 0 saturated heterocycles. The highest BCUT2D eigenvalue weighted by molar-refractivity contribution is 7.92. The number of nitrogens with one attached hydrogen (secondary N) is 2. The van der Waals surface area contributed by atoms with E-state index >= 15 is 0 Å². The van der Waals surface area contributed by atoms with Gasteiger partial charge in [-0.15, -0.1) is 12.8 Å². The van der Waals surface area contributed by atoms with Gasteiger partial charge in [0.1, 0.15) is 0 Å². The van der Waals surface area contributed by atoms with Crippen molar-refractivity contribution in [2.24, 2.45) is 0 Å². The van der Waals surface area contributed by atoms with Crippen LogP contribution in [0.2, 0.25) is 5.02 Å². The summed E-state index contributed by atoms with van der Waals surface area (Å²) < 4.78 is 13.6. The number of halogens is 1. The summed E-state index contributed by atoms with van der Waals surface area (Å²) in [5, 5.41) is 3.89. The smallest absolute Gasteiger partial charge is 0.303 e. The van der Waals surface area contributed by atoms with Crippen LogP contribution in [0.1, 0.15) is 24.5 Å². The van der Waals surface area contributed by atoms with Crippen LogP contribution in [0.25, 0.3) is 0 Å². The first kappa shape index (κ1) is 20.2. The summed E-state index contributed by atoms with van der Waals surface area (Å²) in [5.74, 6) is 0. The zero-order valence-corrected chi connectivity index (χ0v) is 15.8. The third-order valence-corrected chi connectivity index (χ3v) is 5.01. The lowest BCUT2D eigenvalue weighted by Gasteiger charge is -2.09. The van der Waals surface area contributed by atoms with Gasteiger partial charge in [0.15, 0.2) is 0 Å². The number of aryl methyl sites for hydroxylation is 2. The standard InChI is InChI=1S/C17H22ClN2OS.C2H2/c1-4-5-13-10-15(8-9-17(13)19-3)22(21)20-14-7-6-12(2)16(18)11-14;1-2/h6-11,19-21H,4-5H2,1-3H3;1-2H/q+1;. The molecule has 0 saturated carbocycles. The van der Waals surface area contributed by atoms with Crippen molar-refractivity contribution >= 4 is 34.3 Å². The lowest BCUT2D eigenvalue weighted by Crippen LogP contribution is -2.13. The molecule has 0 amide bonds. The number of terminal acetylenes is 1. The maximum atomic E-state index is 10.4. The van der Waals surface area contributed by atoms with Crippen molar-refractivity contribution in [2.45, 2.75) is 31.6 Å². The van der Waals surface area contributed by atoms with Gasteiger partial charge >= 0.3 is 11.4 Å². The Bertz CT molecular complexity index is 688. The lowest BCUT2D eigenvalue weighted by molar-refractivity contribution is 0.644. The molecule has 2 rings (SSSR count). The van der Waals surface area contributed by atoms with Crippen molar-refractivity contribution in [2.75, 3.05) is 17.1 Å². The summed E-state index contributed by atoms with van der Waals surface area (Å²) in [6, 6.07) is 11.7. The van der Waals surface area contributed by atoms with Crippen LogP contribution in [-0.2, 0) is 17.8 Å². The van der Waals surface area contributed by atoms with Gasteiger partial charge in [-0.1, -0.05) is 31.0 Å². The molecule has 2 aromatic carbocycles. The molecule has 0 aromatic heterocycles. The predicted molar refractivity (Wildman–Crippen MR) is 108 cm³/mol. The van der Waals surface area contributed by atoms with Crippen molar-refractivity contribution in [3.05, 3.63) is 52.5 Å². The second kappa shape index (κ2) is 10.1. The molecule has 0 bridgehead atoms. The van der Waals surface area contributed by atoms with Crippen molar-refractivity contribution in [3.8, 4) is 12.8 Å². The largest absolute Gasteiger partial charge is 0.388 e. The second-order valence-electron chi connectivity index (χ2n) is 5.17. The van der Waals surface area contributed by atoms with E-state index in [0.717, 1.165) is 34.7 Å². The Morgan fingerprint density at radius 3 is 2.46 bits per heavy atom. The summed E-state index contributed by atoms with van der Waals surface area (Å²) in [6.45, 7) is 4.11. The van der Waals surface area contributed by atoms with E-state index in [0.29, 0.717) is 5.02 Å². The molecule has 0 spiro atoms. The molecule has 0 aliphatic rings. The van der Waals surface area contributed by atoms with Gasteiger partial charge in [-0.2, -0.15) is 9.27 Å². The van der Waals surface area contributed by atoms with Gasteiger partial charge in [0.25, 0.3) is 0 Å². The summed E-state index contributed by atoms with van der Waals surface area (Å²) in [5.41, 5.74) is 4.17. The molecule has 128 valence electrons. The number of anilines is 2. The van der Waals surface area contributed by atoms with Crippen LogP contribution < -0.4 is 10.0 Å². The fraction of sp³-hybridized carbons (Fsp3) is 0.263. The summed E-state index contributed by atoms with van der Waals surface area (Å²) in [6.07, 6.45) is 10.1. The minimum absolute atomic E-state index is 0.694. The van der Waals surface area contributed by atoms with E-state index in [2.05, 4.69) is 35.9 Å². The molecular weight excluding hydrogens is 340 g/mol. The first-order valence-corrected chi connectivity index (χ1v) is 9.21. The maximum absolute atomic E-state index is 10.4. The topological polar surface area (TPSA) is 44.3 Å². The minimum Gasteiger partial charge on any atom is -0.388 e. The van der Waals surface area contributed by atoms with E-state index in [9.17, 15) is 4.55 Å². The average Bonchev–Trinajstić information content (AvgIpc) is 2.60. The fourth-order valence-electron chi connectivity index (χ4n) is 2.24. The first-order chi connectivity index (χ1) is 11.5. The third kappa shape index (κ3) is 5.38. The van der Waals surface area contributed by atoms with E-state index in [4.69, 9.17) is 11.6 Å². The zero-order valence-electron chi connectivity index (χ0n) is 14.3. The number of hydrogen-bond acceptors (Lipinski definition) is 3. The van der Waals surface area contributed by atoms with Crippen molar-refractivity contribution in [1.29, 1.82) is 0 Å². The van der Waals surface area contributed by atoms with E-state index < -0.39 is 11.4 Å². The van der Waals surface area contributed by atoms with Crippen LogP contribution >= 0.6 is 11.6 Å². The lowest BCUT2D eigenvalue weighted by atomic mass is 10.1. The Labute approximate surface area is 153 Å². The zero-order chi connectivity index (χ0) is 18.1. The molecule has 0 aliphatic carbocycles. The highest BCUT2D eigenvalue weighted by atomic mass is 35.5. The molecule has 0 heterocycles. The highest BCUT2D eigenvalue weighted by Gasteiger charge is 2.22. The molecular formula is C19H24ClN2OS+. The van der Waals surface area contributed by atoms with Crippen molar-refractivity contribution in [3.63, 3.8) is 0 Å². The summed E-state index contributed by atoms with van der Waals surface area (Å²) >= 11 is 5.06. The first-order valence-electron chi connectivity index (χ1n) is 7.65. The van der Waals surface area contributed by atoms with E-state index in [1.807, 2.05) is 44.3 Å². The summed E-state index contributed by atoms with van der Waals surface area (Å²) in [7, 11) is 1.92. The predicted octanol–water partition coefficient (Wildman–Crippen LogP) is 5.37. The van der Waals surface area contributed by atoms with Gasteiger partial charge < -0.3 is 5.32 Å². The van der Waals surface area contributed by atoms with Gasteiger partial charge in [-0.25, -0.2) is 0 Å². The maximum Gasteiger partial charge on any atom is 0.303 e. The Morgan fingerprint density at radius 1 is 1.17 bits per heavy atom. The van der Waals surface area contributed by atoms with Crippen LogP contribution in [0.15, 0.2) is 41.3 Å². The molecule has 5 heteroatoms. The van der Waals surface area contributed by atoms with Gasteiger partial charge in [0.2, 0.25) is 4.90 Å². The summed E-state index contributed by atoms with van der Waals surface area (Å²) in [4.78, 5) is 0.874. The molecule has 0 radical (unpaired) electrons. The third-order valence-electron chi connectivity index (χ3n) is 3.48. The van der Waals surface area contributed by atoms with Crippen molar-refractivity contribution < 1.29 is 4.55 Å². The van der Waals surface area contributed by atoms with Crippen LogP contribution in [0.4, 0.5) is 11.4 Å². The second-order valence-corrected chi connectivity index (χ2v) is 6.82. The average molecular weight is 364 g/mol. The molecule has 24 heavy (non-hydrogen) atoms. The van der Waals surface area contributed by atoms with Crippen LogP contribution in [0.5, 0.6) is 0 Å². The normalized spacial score (nSPS) is 11.1. The molecule has 1 unspecified atom stereocenters. The quantitative estimate of drug-likeness (QED) is 0.477. The molecule has 0 fully saturated rings. The Kier molecular flexibility index (Phi) is 8.56. The molecule has 1 atom stereocenters. The fourth-order valence-corrected chi connectivity index (χ4v) is 3.34. The number of hydrogen-bond donors (Lipinski definition) is 3. The SMILES string of the molecule is C#C.CCCc1cc([S+](O)Nc2ccc(C)c(Cl)c2)ccc1NC. The van der Waals surface area contributed by atoms with Crippen molar-refractivity contribution in [1.82, 2.24) is 0 Å². The highest BCUT2D eigenvalue weighted by Crippen LogP contribution is 2.25. The van der Waals surface area contributed by atoms with Gasteiger partial charge in [0, 0.05) is 29.9 Å². The molecule has 2 aromatic rings. The Hall–Kier alpha value is -1.80. The minimum atomic E-state index is -1.06. The van der Waals surface area contributed by atoms with E-state index in [1.54, 1.807) is 0 Å². The van der Waals surface area contributed by atoms with Gasteiger partial charge in [-0.3, -0.25) is 0 Å². The van der Waals surface area contributed by atoms with Crippen LogP contribution in [-0.4, -0.2) is 11.6 Å². The van der Waals surface area contributed by atoms with E-state index in [1.165, 1.54) is 5.56 Å². The molecule has 3 nitrogen and oxygen atoms in total. The van der Waals surface area contributed by atoms with E-state index in [-0.39, 0.29) is 0 Å². The van der Waals surface area contributed by atoms with Gasteiger partial charge in [0.05, 0.1) is 5.69 Å². The number of benzene rings is 2. The molecule has 3 N–H and O–H groups in total. The van der Waals surface area contributed by atoms with Crippen LogP contribution in [0, 0.1) is 19.8 Å². The Morgan fingerprint density at radius 2 is 1.88 bits per heavy atom. The van der Waals surface area contributed by atoms with Gasteiger partial charge in [-0.05, 0) is 42.7 Å². The Balaban J connectivity index is 0.00000139.